The lowest BCUT2D eigenvalue weighted by Gasteiger charge is -2.40. The smallest absolute Gasteiger partial charge is 0.186 e. The Morgan fingerprint density at radius 3 is 2.38 bits per heavy atom. The van der Waals surface area contributed by atoms with E-state index in [9.17, 15) is 15.3 Å². The molecule has 32 heavy (non-hydrogen) atoms. The zero-order valence-electron chi connectivity index (χ0n) is 18.6. The summed E-state index contributed by atoms with van der Waals surface area (Å²) in [4.78, 5) is 1.93. The fraction of sp³-hybridized carbons (Fsp3) is 0.500. The maximum Gasteiger partial charge on any atom is 0.186 e. The van der Waals surface area contributed by atoms with Crippen LogP contribution in [0.25, 0.3) is 0 Å². The van der Waals surface area contributed by atoms with Gasteiger partial charge in [-0.15, -0.1) is 0 Å². The molecule has 0 saturated carbocycles. The van der Waals surface area contributed by atoms with Crippen LogP contribution >= 0.6 is 11.6 Å². The third-order valence-corrected chi connectivity index (χ3v) is 5.79. The van der Waals surface area contributed by atoms with Gasteiger partial charge in [0, 0.05) is 11.6 Å². The summed E-state index contributed by atoms with van der Waals surface area (Å²) in [5, 5.41) is 31.8. The summed E-state index contributed by atoms with van der Waals surface area (Å²) in [6, 6.07) is 13.1. The predicted octanol–water partition coefficient (Wildman–Crippen LogP) is 2.39. The molecule has 5 atom stereocenters. The number of rotatable bonds is 9. The summed E-state index contributed by atoms with van der Waals surface area (Å²) in [5.41, 5.74) is 2.56. The lowest BCUT2D eigenvalue weighted by atomic mass is 9.92. The van der Waals surface area contributed by atoms with E-state index in [1.165, 1.54) is 0 Å². The summed E-state index contributed by atoms with van der Waals surface area (Å²) >= 11 is 6.43. The molecule has 1 saturated heterocycles. The van der Waals surface area contributed by atoms with Crippen LogP contribution in [0, 0.1) is 0 Å². The van der Waals surface area contributed by atoms with Gasteiger partial charge < -0.3 is 34.4 Å². The first-order valence-corrected chi connectivity index (χ1v) is 11.1. The molecule has 3 rings (SSSR count). The molecule has 0 bridgehead atoms. The zero-order valence-corrected chi connectivity index (χ0v) is 19.4. The van der Waals surface area contributed by atoms with Crippen molar-refractivity contribution in [2.24, 2.45) is 0 Å². The van der Waals surface area contributed by atoms with E-state index < -0.39 is 30.7 Å². The quantitative estimate of drug-likeness (QED) is 0.523. The average Bonchev–Trinajstić information content (AvgIpc) is 2.77. The second-order valence-corrected chi connectivity index (χ2v) is 8.58. The maximum atomic E-state index is 10.6. The van der Waals surface area contributed by atoms with Gasteiger partial charge in [0.25, 0.3) is 0 Å². The van der Waals surface area contributed by atoms with Gasteiger partial charge in [-0.1, -0.05) is 35.9 Å². The number of hydrogen-bond donors (Lipinski definition) is 3. The number of nitrogens with zero attached hydrogens (tertiary/aromatic N) is 1. The van der Waals surface area contributed by atoms with E-state index in [2.05, 4.69) is 0 Å². The summed E-state index contributed by atoms with van der Waals surface area (Å²) in [6.45, 7) is 3.49. The van der Waals surface area contributed by atoms with Crippen molar-refractivity contribution in [3.8, 4) is 5.75 Å². The molecule has 0 radical (unpaired) electrons. The Bertz CT molecular complexity index is 862. The second-order valence-electron chi connectivity index (χ2n) is 8.18. The normalized spacial score (nSPS) is 25.8. The third-order valence-electron chi connectivity index (χ3n) is 5.42. The number of halogens is 1. The third kappa shape index (κ3) is 6.20. The van der Waals surface area contributed by atoms with Crippen molar-refractivity contribution < 1.29 is 29.5 Å². The van der Waals surface area contributed by atoms with Crippen LogP contribution in [0.5, 0.6) is 5.75 Å². The Hall–Kier alpha value is -1.71. The van der Waals surface area contributed by atoms with E-state index in [1.54, 1.807) is 12.1 Å². The molecule has 1 fully saturated rings. The Labute approximate surface area is 194 Å². The van der Waals surface area contributed by atoms with Gasteiger partial charge in [-0.2, -0.15) is 0 Å². The van der Waals surface area contributed by atoms with Crippen molar-refractivity contribution in [2.45, 2.75) is 44.1 Å². The molecule has 0 unspecified atom stereocenters. The van der Waals surface area contributed by atoms with E-state index in [0.29, 0.717) is 36.8 Å². The molecule has 7 nitrogen and oxygen atoms in total. The predicted molar refractivity (Wildman–Crippen MR) is 122 cm³/mol. The van der Waals surface area contributed by atoms with Gasteiger partial charge in [-0.3, -0.25) is 0 Å². The van der Waals surface area contributed by atoms with E-state index in [0.717, 1.165) is 16.9 Å². The SMILES string of the molecule is CCOc1ccc(Cc2cc([C@@H]3O[C@@H](OCCN(C)C)[C@@H](O)[C@H](O)[C@H]3O)ccc2Cl)cc1. The number of aliphatic hydroxyl groups is 3. The monoisotopic (exact) mass is 465 g/mol. The van der Waals surface area contributed by atoms with Crippen LogP contribution in [0.1, 0.15) is 29.7 Å². The van der Waals surface area contributed by atoms with Crippen molar-refractivity contribution in [1.82, 2.24) is 4.90 Å². The summed E-state index contributed by atoms with van der Waals surface area (Å²) in [5.74, 6) is 0.808. The molecular formula is C24H32ClNO6. The standard InChI is InChI=1S/C24H32ClNO6/c1-4-30-18-8-5-15(6-9-18)13-17-14-16(7-10-19(17)25)23-21(28)20(27)22(29)24(32-23)31-12-11-26(2)3/h5-10,14,20-24,27-29H,4,11-13H2,1-3H3/t20-,21-,22+,23+,24-/m1/s1. The Kier molecular flexibility index (Phi) is 8.90. The number of likely N-dealkylation sites (N-methyl/N-ethyl adjacent to an activating group) is 1. The summed E-state index contributed by atoms with van der Waals surface area (Å²) in [6.07, 6.45) is -5.39. The molecule has 1 aliphatic rings. The van der Waals surface area contributed by atoms with Crippen LogP contribution in [-0.2, 0) is 15.9 Å². The van der Waals surface area contributed by atoms with Crippen molar-refractivity contribution in [3.05, 3.63) is 64.2 Å². The average molecular weight is 466 g/mol. The minimum absolute atomic E-state index is 0.313. The first kappa shape index (κ1) is 24.9. The van der Waals surface area contributed by atoms with Crippen LogP contribution in [0.15, 0.2) is 42.5 Å². The minimum Gasteiger partial charge on any atom is -0.494 e. The number of benzene rings is 2. The highest BCUT2D eigenvalue weighted by Gasteiger charge is 2.45. The molecule has 0 aromatic heterocycles. The Balaban J connectivity index is 1.77. The number of ether oxygens (including phenoxy) is 3. The lowest BCUT2D eigenvalue weighted by molar-refractivity contribution is -0.299. The Morgan fingerprint density at radius 1 is 1.00 bits per heavy atom. The second kappa shape index (κ2) is 11.4. The minimum atomic E-state index is -1.40. The van der Waals surface area contributed by atoms with Gasteiger partial charge in [0.2, 0.25) is 0 Å². The molecular weight excluding hydrogens is 434 g/mol. The van der Waals surface area contributed by atoms with Crippen molar-refractivity contribution in [1.29, 1.82) is 0 Å². The van der Waals surface area contributed by atoms with Crippen molar-refractivity contribution in [3.63, 3.8) is 0 Å². The van der Waals surface area contributed by atoms with Crippen LogP contribution in [-0.4, -0.2) is 78.7 Å². The van der Waals surface area contributed by atoms with Crippen LogP contribution in [0.4, 0.5) is 0 Å². The van der Waals surface area contributed by atoms with Crippen molar-refractivity contribution in [2.75, 3.05) is 33.9 Å². The molecule has 1 aliphatic heterocycles. The van der Waals surface area contributed by atoms with Crippen molar-refractivity contribution >= 4 is 11.6 Å². The number of aliphatic hydroxyl groups excluding tert-OH is 3. The highest BCUT2D eigenvalue weighted by atomic mass is 35.5. The van der Waals surface area contributed by atoms with Crippen LogP contribution < -0.4 is 4.74 Å². The fourth-order valence-corrected chi connectivity index (χ4v) is 3.79. The van der Waals surface area contributed by atoms with E-state index in [-0.39, 0.29) is 0 Å². The molecule has 8 heteroatoms. The topological polar surface area (TPSA) is 91.6 Å². The van der Waals surface area contributed by atoms with E-state index >= 15 is 0 Å². The maximum absolute atomic E-state index is 10.6. The van der Waals surface area contributed by atoms with Gasteiger partial charge in [-0.25, -0.2) is 0 Å². The molecule has 2 aromatic rings. The van der Waals surface area contributed by atoms with Gasteiger partial charge in [-0.05, 0) is 62.3 Å². The van der Waals surface area contributed by atoms with Gasteiger partial charge in [0.1, 0.15) is 30.2 Å². The van der Waals surface area contributed by atoms with Crippen LogP contribution in [0.3, 0.4) is 0 Å². The molecule has 0 aliphatic carbocycles. The van der Waals surface area contributed by atoms with Gasteiger partial charge in [0.15, 0.2) is 6.29 Å². The Morgan fingerprint density at radius 2 is 1.72 bits per heavy atom. The number of hydrogen-bond acceptors (Lipinski definition) is 7. The largest absolute Gasteiger partial charge is 0.494 e. The summed E-state index contributed by atoms with van der Waals surface area (Å²) in [7, 11) is 3.81. The molecule has 0 amide bonds. The van der Waals surface area contributed by atoms with Gasteiger partial charge in [0.05, 0.1) is 13.2 Å². The summed E-state index contributed by atoms with van der Waals surface area (Å²) < 4.78 is 17.0. The van der Waals surface area contributed by atoms with Gasteiger partial charge >= 0.3 is 0 Å². The molecule has 1 heterocycles. The first-order valence-electron chi connectivity index (χ1n) is 10.8. The van der Waals surface area contributed by atoms with E-state index in [1.807, 2.05) is 56.3 Å². The molecule has 0 spiro atoms. The zero-order chi connectivity index (χ0) is 23.3. The first-order chi connectivity index (χ1) is 15.3. The highest BCUT2D eigenvalue weighted by molar-refractivity contribution is 6.31. The lowest BCUT2D eigenvalue weighted by Crippen LogP contribution is -2.55. The highest BCUT2D eigenvalue weighted by Crippen LogP contribution is 2.35. The van der Waals surface area contributed by atoms with Crippen LogP contribution in [0.2, 0.25) is 5.02 Å². The van der Waals surface area contributed by atoms with E-state index in [4.69, 9.17) is 25.8 Å². The molecule has 176 valence electrons. The molecule has 3 N–H and O–H groups in total. The fourth-order valence-electron chi connectivity index (χ4n) is 3.61. The molecule has 2 aromatic carbocycles.